The van der Waals surface area contributed by atoms with Gasteiger partial charge in [0.1, 0.15) is 6.79 Å². The highest BCUT2D eigenvalue weighted by Crippen LogP contribution is 2.59. The largest absolute Gasteiger partial charge is 0.411 e. The standard InChI is InChI=1S/C28H62O4Si2/c1-16-21-22-29-23-30-34(15,31-25(8,9)17-2)27(12,18-3)28(19-4,20-5)32-33(13,14)26(10,11)24(6)7/h24H,16-23H2,1-15H3. The van der Waals surface area contributed by atoms with E-state index in [1.807, 2.05) is 0 Å². The van der Waals surface area contributed by atoms with Gasteiger partial charge in [-0.15, -0.1) is 0 Å². The lowest BCUT2D eigenvalue weighted by Gasteiger charge is -2.59. The van der Waals surface area contributed by atoms with Crippen molar-refractivity contribution in [3.63, 3.8) is 0 Å². The minimum absolute atomic E-state index is 0.142. The first kappa shape index (κ1) is 34.3. The van der Waals surface area contributed by atoms with E-state index >= 15 is 0 Å². The van der Waals surface area contributed by atoms with Crippen molar-refractivity contribution >= 4 is 16.9 Å². The first-order chi connectivity index (χ1) is 15.4. The zero-order valence-corrected chi connectivity index (χ0v) is 27.9. The van der Waals surface area contributed by atoms with E-state index in [0.29, 0.717) is 12.7 Å². The smallest absolute Gasteiger partial charge is 0.346 e. The molecule has 0 aromatic rings. The fraction of sp³-hybridized carbons (Fsp3) is 1.00. The average molecular weight is 519 g/mol. The third kappa shape index (κ3) is 7.41. The van der Waals surface area contributed by atoms with Crippen molar-refractivity contribution in [1.82, 2.24) is 0 Å². The Morgan fingerprint density at radius 1 is 0.735 bits per heavy atom. The number of ether oxygens (including phenoxy) is 1. The predicted molar refractivity (Wildman–Crippen MR) is 153 cm³/mol. The molecule has 0 saturated heterocycles. The number of hydrogen-bond donors (Lipinski definition) is 0. The molecular weight excluding hydrogens is 456 g/mol. The second-order valence-corrected chi connectivity index (χ2v) is 20.6. The Balaban J connectivity index is 6.60. The summed E-state index contributed by atoms with van der Waals surface area (Å²) in [4.78, 5) is 0. The van der Waals surface area contributed by atoms with Gasteiger partial charge in [0, 0.05) is 11.6 Å². The lowest BCUT2D eigenvalue weighted by atomic mass is 9.81. The molecule has 0 aromatic carbocycles. The van der Waals surface area contributed by atoms with Gasteiger partial charge in [-0.2, -0.15) is 0 Å². The molecule has 0 aliphatic rings. The predicted octanol–water partition coefficient (Wildman–Crippen LogP) is 9.44. The molecule has 0 fully saturated rings. The molecule has 206 valence electrons. The summed E-state index contributed by atoms with van der Waals surface area (Å²) in [6, 6.07) is 0. The van der Waals surface area contributed by atoms with E-state index in [2.05, 4.69) is 103 Å². The Morgan fingerprint density at radius 3 is 1.65 bits per heavy atom. The number of hydrogen-bond acceptors (Lipinski definition) is 4. The zero-order chi connectivity index (χ0) is 27.1. The van der Waals surface area contributed by atoms with Gasteiger partial charge in [-0.05, 0) is 76.5 Å². The summed E-state index contributed by atoms with van der Waals surface area (Å²) in [5, 5.41) is -0.107. The Labute approximate surface area is 216 Å². The van der Waals surface area contributed by atoms with Gasteiger partial charge < -0.3 is 18.0 Å². The average Bonchev–Trinajstić information content (AvgIpc) is 2.76. The van der Waals surface area contributed by atoms with Crippen LogP contribution in [0.5, 0.6) is 0 Å². The van der Waals surface area contributed by atoms with Gasteiger partial charge in [-0.25, -0.2) is 0 Å². The van der Waals surface area contributed by atoms with Crippen molar-refractivity contribution in [3.05, 3.63) is 0 Å². The van der Waals surface area contributed by atoms with Crippen LogP contribution in [0.3, 0.4) is 0 Å². The fourth-order valence-corrected chi connectivity index (χ4v) is 12.3. The summed E-state index contributed by atoms with van der Waals surface area (Å²) in [5.41, 5.74) is -0.587. The summed E-state index contributed by atoms with van der Waals surface area (Å²) in [6.07, 6.45) is 5.93. The van der Waals surface area contributed by atoms with Crippen molar-refractivity contribution in [1.29, 1.82) is 0 Å². The van der Waals surface area contributed by atoms with E-state index < -0.39 is 16.9 Å². The van der Waals surface area contributed by atoms with Crippen molar-refractivity contribution in [2.75, 3.05) is 13.4 Å². The molecule has 2 unspecified atom stereocenters. The second-order valence-electron chi connectivity index (χ2n) is 12.6. The highest BCUT2D eigenvalue weighted by molar-refractivity contribution is 6.75. The minimum Gasteiger partial charge on any atom is -0.411 e. The monoisotopic (exact) mass is 518 g/mol. The highest BCUT2D eigenvalue weighted by atomic mass is 28.4. The molecule has 6 heteroatoms. The van der Waals surface area contributed by atoms with Crippen molar-refractivity contribution < 1.29 is 18.0 Å². The van der Waals surface area contributed by atoms with Gasteiger partial charge in [-0.1, -0.05) is 75.7 Å². The molecule has 4 nitrogen and oxygen atoms in total. The molecule has 0 aromatic heterocycles. The molecule has 0 aliphatic carbocycles. The lowest BCUT2D eigenvalue weighted by Crippen LogP contribution is -2.66. The highest BCUT2D eigenvalue weighted by Gasteiger charge is 2.64. The van der Waals surface area contributed by atoms with Crippen LogP contribution >= 0.6 is 0 Å². The van der Waals surface area contributed by atoms with Gasteiger partial charge in [-0.3, -0.25) is 0 Å². The summed E-state index contributed by atoms with van der Waals surface area (Å²) in [6.45, 7) is 35.6. The third-order valence-electron chi connectivity index (χ3n) is 9.69. The van der Waals surface area contributed by atoms with Gasteiger partial charge >= 0.3 is 8.56 Å². The van der Waals surface area contributed by atoms with E-state index in [0.717, 1.165) is 45.1 Å². The molecule has 0 aliphatic heterocycles. The van der Waals surface area contributed by atoms with Gasteiger partial charge in [0.15, 0.2) is 8.32 Å². The Bertz CT molecular complexity index is 587. The zero-order valence-electron chi connectivity index (χ0n) is 25.9. The van der Waals surface area contributed by atoms with Crippen LogP contribution in [-0.2, 0) is 18.0 Å². The molecule has 0 radical (unpaired) electrons. The van der Waals surface area contributed by atoms with Gasteiger partial charge in [0.2, 0.25) is 0 Å². The molecule has 0 bridgehead atoms. The molecular formula is C28H62O4Si2. The van der Waals surface area contributed by atoms with E-state index in [1.54, 1.807) is 0 Å². The molecule has 2 atom stereocenters. The number of rotatable bonds is 18. The number of unbranched alkanes of at least 4 members (excludes halogenated alkanes) is 1. The van der Waals surface area contributed by atoms with Crippen LogP contribution in [0.2, 0.25) is 29.7 Å². The molecule has 0 N–H and O–H groups in total. The maximum absolute atomic E-state index is 7.52. The summed E-state index contributed by atoms with van der Waals surface area (Å²) < 4.78 is 27.3. The summed E-state index contributed by atoms with van der Waals surface area (Å²) >= 11 is 0. The lowest BCUT2D eigenvalue weighted by molar-refractivity contribution is -0.0713. The van der Waals surface area contributed by atoms with Crippen LogP contribution in [0.25, 0.3) is 0 Å². The van der Waals surface area contributed by atoms with Crippen LogP contribution in [0.1, 0.15) is 122 Å². The maximum atomic E-state index is 7.52. The van der Waals surface area contributed by atoms with Crippen LogP contribution in [-0.4, -0.2) is 41.5 Å². The Morgan fingerprint density at radius 2 is 1.26 bits per heavy atom. The topological polar surface area (TPSA) is 36.9 Å². The van der Waals surface area contributed by atoms with Crippen LogP contribution in [0.15, 0.2) is 0 Å². The van der Waals surface area contributed by atoms with E-state index in [4.69, 9.17) is 18.0 Å². The maximum Gasteiger partial charge on any atom is 0.346 e. The minimum atomic E-state index is -2.81. The molecule has 0 rings (SSSR count). The molecule has 0 heterocycles. The molecule has 34 heavy (non-hydrogen) atoms. The third-order valence-corrected chi connectivity index (χ3v) is 18.7. The molecule has 0 amide bonds. The van der Waals surface area contributed by atoms with Crippen molar-refractivity contribution in [3.8, 4) is 0 Å². The fourth-order valence-electron chi connectivity index (χ4n) is 5.02. The quantitative estimate of drug-likeness (QED) is 0.103. The van der Waals surface area contributed by atoms with Crippen molar-refractivity contribution in [2.24, 2.45) is 5.92 Å². The normalized spacial score (nSPS) is 17.6. The SMILES string of the molecule is CCCCOCO[Si](C)(OC(C)(C)CC)C(C)(CC)C(CC)(CC)O[Si](C)(C)C(C)(C)C(C)C. The van der Waals surface area contributed by atoms with Crippen LogP contribution in [0.4, 0.5) is 0 Å². The second kappa shape index (κ2) is 13.2. The Hall–Kier alpha value is 0.274. The van der Waals surface area contributed by atoms with E-state index in [9.17, 15) is 0 Å². The molecule has 0 spiro atoms. The molecule has 0 saturated carbocycles. The van der Waals surface area contributed by atoms with E-state index in [-0.39, 0.29) is 21.3 Å². The summed E-state index contributed by atoms with van der Waals surface area (Å²) in [7, 11) is -4.92. The van der Waals surface area contributed by atoms with E-state index in [1.165, 1.54) is 0 Å². The first-order valence-corrected chi connectivity index (χ1v) is 19.3. The van der Waals surface area contributed by atoms with Gasteiger partial charge in [0.25, 0.3) is 0 Å². The summed E-state index contributed by atoms with van der Waals surface area (Å²) in [5.74, 6) is 0.551. The van der Waals surface area contributed by atoms with Crippen molar-refractivity contribution in [2.45, 2.75) is 163 Å². The first-order valence-electron chi connectivity index (χ1n) is 14.0. The Kier molecular flexibility index (Phi) is 13.3. The van der Waals surface area contributed by atoms with Crippen LogP contribution in [0, 0.1) is 5.92 Å². The van der Waals surface area contributed by atoms with Gasteiger partial charge in [0.05, 0.1) is 11.2 Å². The van der Waals surface area contributed by atoms with Crippen LogP contribution < -0.4 is 0 Å².